The minimum atomic E-state index is -0.229. The summed E-state index contributed by atoms with van der Waals surface area (Å²) in [6, 6.07) is 57.2. The van der Waals surface area contributed by atoms with E-state index in [1.54, 1.807) is 58.0 Å². The van der Waals surface area contributed by atoms with Crippen LogP contribution in [0.3, 0.4) is 0 Å². The predicted octanol–water partition coefficient (Wildman–Crippen LogP) is 14.5. The number of aromatic amines is 1. The van der Waals surface area contributed by atoms with E-state index in [0.717, 1.165) is 126 Å². The van der Waals surface area contributed by atoms with Gasteiger partial charge in [0.2, 0.25) is 0 Å². The van der Waals surface area contributed by atoms with E-state index in [-0.39, 0.29) is 11.8 Å². The van der Waals surface area contributed by atoms with Gasteiger partial charge in [-0.15, -0.1) is 0 Å². The van der Waals surface area contributed by atoms with Gasteiger partial charge in [0, 0.05) is 95.7 Å². The average molecular weight is 1190 g/mol. The van der Waals surface area contributed by atoms with Gasteiger partial charge in [0.1, 0.15) is 46.4 Å². The van der Waals surface area contributed by atoms with Crippen molar-refractivity contribution in [2.45, 2.75) is 45.5 Å². The van der Waals surface area contributed by atoms with Crippen molar-refractivity contribution in [1.82, 2.24) is 34.0 Å². The molecule has 17 heteroatoms. The Morgan fingerprint density at radius 3 is 1.77 bits per heavy atom. The fraction of sp³-hybridized carbons (Fsp3) is 0.169. The molecule has 0 saturated carbocycles. The number of halogens is 1. The molecular formula is C71H67ClN10O6. The number of nitrogens with zero attached hydrogens (tertiary/aromatic N) is 6. The number of carbonyl (C=O) groups excluding carboxylic acids is 2. The summed E-state index contributed by atoms with van der Waals surface area (Å²) in [6.45, 7) is 3.82. The van der Waals surface area contributed by atoms with Crippen LogP contribution in [0, 0.1) is 0 Å². The molecule has 0 aliphatic carbocycles. The molecule has 0 radical (unpaired) electrons. The van der Waals surface area contributed by atoms with Crippen LogP contribution in [0.25, 0.3) is 66.2 Å². The summed E-state index contributed by atoms with van der Waals surface area (Å²) < 4.78 is 26.3. The highest BCUT2D eigenvalue weighted by molar-refractivity contribution is 6.35. The van der Waals surface area contributed by atoms with Crippen molar-refractivity contribution in [1.29, 1.82) is 0 Å². The molecule has 12 aromatic rings. The number of unbranched alkanes of at least 4 members (excludes halogenated alkanes) is 1. The van der Waals surface area contributed by atoms with Gasteiger partial charge in [0.15, 0.2) is 0 Å². The van der Waals surface area contributed by atoms with Gasteiger partial charge in [-0.3, -0.25) is 14.5 Å². The second-order valence-corrected chi connectivity index (χ2v) is 21.3. The molecule has 13 rings (SSSR count). The van der Waals surface area contributed by atoms with Crippen molar-refractivity contribution in [2.24, 2.45) is 5.73 Å². The average Bonchev–Trinajstić information content (AvgIpc) is 2.71. The topological polar surface area (TPSA) is 203 Å². The molecule has 0 spiro atoms. The molecule has 88 heavy (non-hydrogen) atoms. The second kappa shape index (κ2) is 27.7. The molecule has 0 unspecified atom stereocenters. The summed E-state index contributed by atoms with van der Waals surface area (Å²) in [5, 5.41) is 6.80. The van der Waals surface area contributed by atoms with E-state index >= 15 is 0 Å². The highest BCUT2D eigenvalue weighted by Crippen LogP contribution is 2.38. The normalized spacial score (nSPS) is 11.7. The Hall–Kier alpha value is -10.4. The standard InChI is InChI=1S/C28H25N3O2.C25H20ClN3O3.C18H22N4O/c1-32-23-12-10-20(11-13-23)18-30-28-25-17-27(31-26(25)14-15-29-28)22-8-5-9-24(16-22)33-19-21-6-3-2-4-7-21;1-32-17-7-4-6-16(14-17)20-15-28(21-10-11-27-23(26)22(20)21)12-5-13-29-24(30)18-8-2-3-9-19(18)25(29)31;1-23-14-6-4-5-13(11-14)15-12-22(10-3-2-8-19)16-7-9-21-18(20)17(15)16/h2-17,31H,18-19H2,1H3,(H,29,30);2-4,6-11,14-15H,5,12-13H2,1H3;4-7,9,11-12H,2-3,8,10,19H2,1H3,(H2,20,21). The van der Waals surface area contributed by atoms with Gasteiger partial charge in [-0.1, -0.05) is 103 Å². The Labute approximate surface area is 515 Å². The summed E-state index contributed by atoms with van der Waals surface area (Å²) >= 11 is 6.47. The molecule has 0 bridgehead atoms. The minimum absolute atomic E-state index is 0.229. The molecule has 0 saturated heterocycles. The summed E-state index contributed by atoms with van der Waals surface area (Å²) in [4.78, 5) is 43.2. The number of hydrogen-bond donors (Lipinski definition) is 4. The number of nitrogens with one attached hydrogen (secondary N) is 2. The number of rotatable bonds is 20. The van der Waals surface area contributed by atoms with Crippen molar-refractivity contribution in [3.05, 3.63) is 234 Å². The lowest BCUT2D eigenvalue weighted by molar-refractivity contribution is 0.0650. The number of benzene rings is 6. The first-order chi connectivity index (χ1) is 43.1. The minimum Gasteiger partial charge on any atom is -0.497 e. The van der Waals surface area contributed by atoms with Crippen LogP contribution in [0.15, 0.2) is 207 Å². The van der Waals surface area contributed by atoms with Crippen LogP contribution in [-0.4, -0.2) is 80.2 Å². The van der Waals surface area contributed by atoms with Crippen molar-refractivity contribution in [3.8, 4) is 56.5 Å². The smallest absolute Gasteiger partial charge is 0.261 e. The number of amides is 2. The van der Waals surface area contributed by atoms with E-state index in [1.165, 1.54) is 4.90 Å². The van der Waals surface area contributed by atoms with Crippen LogP contribution in [0.4, 0.5) is 11.6 Å². The zero-order valence-electron chi connectivity index (χ0n) is 49.2. The molecule has 16 nitrogen and oxygen atoms in total. The molecule has 0 atom stereocenters. The fourth-order valence-corrected chi connectivity index (χ4v) is 11.2. The maximum Gasteiger partial charge on any atom is 0.261 e. The van der Waals surface area contributed by atoms with Crippen LogP contribution in [-0.2, 0) is 26.2 Å². The first kappa shape index (κ1) is 59.3. The van der Waals surface area contributed by atoms with E-state index in [4.69, 9.17) is 42.0 Å². The molecule has 2 amide bonds. The zero-order valence-corrected chi connectivity index (χ0v) is 49.9. The number of aromatic nitrogens is 6. The van der Waals surface area contributed by atoms with Gasteiger partial charge < -0.3 is 49.8 Å². The highest BCUT2D eigenvalue weighted by atomic mass is 35.5. The second-order valence-electron chi connectivity index (χ2n) is 21.0. The number of pyridine rings is 3. The van der Waals surface area contributed by atoms with Gasteiger partial charge in [-0.05, 0) is 133 Å². The lowest BCUT2D eigenvalue weighted by atomic mass is 10.1. The predicted molar refractivity (Wildman–Crippen MR) is 350 cm³/mol. The Bertz CT molecular complexity index is 4360. The Balaban J connectivity index is 0.000000139. The van der Waals surface area contributed by atoms with Crippen LogP contribution in [0.5, 0.6) is 23.0 Å². The molecule has 444 valence electrons. The number of imide groups is 1. The summed E-state index contributed by atoms with van der Waals surface area (Å²) in [6.07, 6.45) is 12.1. The third-order valence-electron chi connectivity index (χ3n) is 15.4. The molecule has 6 aromatic carbocycles. The number of anilines is 2. The molecule has 1 aliphatic heterocycles. The lowest BCUT2D eigenvalue weighted by Gasteiger charge is -2.14. The van der Waals surface area contributed by atoms with Gasteiger partial charge in [-0.25, -0.2) is 15.0 Å². The molecule has 0 fully saturated rings. The van der Waals surface area contributed by atoms with Crippen molar-refractivity contribution >= 4 is 67.8 Å². The van der Waals surface area contributed by atoms with Gasteiger partial charge >= 0.3 is 0 Å². The number of carbonyl (C=O) groups is 2. The third kappa shape index (κ3) is 13.3. The Morgan fingerprint density at radius 1 is 0.534 bits per heavy atom. The van der Waals surface area contributed by atoms with Crippen LogP contribution >= 0.6 is 11.6 Å². The van der Waals surface area contributed by atoms with Gasteiger partial charge in [0.25, 0.3) is 11.8 Å². The number of nitrogen functional groups attached to an aromatic ring is 1. The number of aryl methyl sites for hydroxylation is 2. The number of H-pyrrole nitrogens is 1. The quantitative estimate of drug-likeness (QED) is 0.0320. The van der Waals surface area contributed by atoms with Crippen molar-refractivity contribution < 1.29 is 28.5 Å². The number of fused-ring (bicyclic) bond motifs is 4. The molecule has 1 aliphatic rings. The molecular weight excluding hydrogens is 1120 g/mol. The van der Waals surface area contributed by atoms with Gasteiger partial charge in [-0.2, -0.15) is 0 Å². The van der Waals surface area contributed by atoms with Crippen LogP contribution in [0.2, 0.25) is 5.15 Å². The number of ether oxygens (including phenoxy) is 4. The zero-order chi connectivity index (χ0) is 60.9. The number of methoxy groups -OCH3 is 3. The number of hydrogen-bond acceptors (Lipinski definition) is 12. The Kier molecular flexibility index (Phi) is 18.7. The van der Waals surface area contributed by atoms with Crippen LogP contribution in [0.1, 0.15) is 51.1 Å². The summed E-state index contributed by atoms with van der Waals surface area (Å²) in [5.74, 6) is 4.22. The maximum absolute atomic E-state index is 12.6. The third-order valence-corrected chi connectivity index (χ3v) is 15.7. The summed E-state index contributed by atoms with van der Waals surface area (Å²) in [5.41, 5.74) is 24.3. The molecule has 6 aromatic heterocycles. The van der Waals surface area contributed by atoms with Gasteiger partial charge in [0.05, 0.1) is 49.0 Å². The van der Waals surface area contributed by atoms with E-state index in [9.17, 15) is 9.59 Å². The largest absolute Gasteiger partial charge is 0.497 e. The van der Waals surface area contributed by atoms with Crippen molar-refractivity contribution in [2.75, 3.05) is 45.5 Å². The first-order valence-electron chi connectivity index (χ1n) is 29.0. The van der Waals surface area contributed by atoms with E-state index < -0.39 is 0 Å². The fourth-order valence-electron chi connectivity index (χ4n) is 10.9. The SMILES string of the molecule is COc1ccc(CNc2nccc3[nH]c(-c4cccc(OCc5ccccc5)c4)cc23)cc1.COc1cccc(-c2cn(CCCCN)c3ccnc(N)c23)c1.COc1cccc(-c2cn(CCCN3C(=O)c4ccccc4C3=O)c3ccnc(Cl)c23)c1. The van der Waals surface area contributed by atoms with E-state index in [2.05, 4.69) is 89.1 Å². The van der Waals surface area contributed by atoms with Crippen molar-refractivity contribution in [3.63, 3.8) is 0 Å². The maximum atomic E-state index is 12.6. The lowest BCUT2D eigenvalue weighted by Crippen LogP contribution is -2.31. The Morgan fingerprint density at radius 2 is 1.11 bits per heavy atom. The molecule has 7 heterocycles. The van der Waals surface area contributed by atoms with E-state index in [1.807, 2.05) is 116 Å². The highest BCUT2D eigenvalue weighted by Gasteiger charge is 2.34. The molecule has 6 N–H and O–H groups in total. The summed E-state index contributed by atoms with van der Waals surface area (Å²) in [7, 11) is 4.98. The number of nitrogens with two attached hydrogens (primary N) is 2. The van der Waals surface area contributed by atoms with Crippen LogP contribution < -0.4 is 35.7 Å². The first-order valence-corrected chi connectivity index (χ1v) is 29.4. The van der Waals surface area contributed by atoms with E-state index in [0.29, 0.717) is 61.3 Å². The monoisotopic (exact) mass is 1190 g/mol.